The number of carbonyl (C=O) groups is 1. The van der Waals surface area contributed by atoms with E-state index in [4.69, 9.17) is 5.73 Å². The average Bonchev–Trinajstić information content (AvgIpc) is 3.31. The number of nitrogens with two attached hydrogens (primary N) is 1. The minimum atomic E-state index is -0.972. The Morgan fingerprint density at radius 2 is 2.03 bits per heavy atom. The highest BCUT2D eigenvalue weighted by Gasteiger charge is 2.23. The van der Waals surface area contributed by atoms with Crippen molar-refractivity contribution in [2.24, 2.45) is 0 Å². The van der Waals surface area contributed by atoms with Crippen LogP contribution in [0.5, 0.6) is 0 Å². The van der Waals surface area contributed by atoms with E-state index in [2.05, 4.69) is 29.8 Å². The molecule has 4 heterocycles. The van der Waals surface area contributed by atoms with Gasteiger partial charge in [0.1, 0.15) is 22.8 Å². The molecule has 5 aromatic rings. The fraction of sp³-hybridized carbons (Fsp3) is 0.100. The maximum atomic E-state index is 14.2. The molecule has 0 atom stereocenters. The van der Waals surface area contributed by atoms with Crippen LogP contribution in [0, 0.1) is 11.6 Å². The molecule has 0 aliphatic rings. The van der Waals surface area contributed by atoms with Crippen LogP contribution in [-0.4, -0.2) is 47.5 Å². The molecule has 0 fully saturated rings. The van der Waals surface area contributed by atoms with E-state index in [1.54, 1.807) is 18.2 Å². The number of hydrogen-bond acceptors (Lipinski definition) is 8. The topological polar surface area (TPSA) is 147 Å². The second-order valence-electron chi connectivity index (χ2n) is 6.99. The number of nitrogens with one attached hydrogen (secondary N) is 1. The predicted octanol–water partition coefficient (Wildman–Crippen LogP) is 2.05. The van der Waals surface area contributed by atoms with Gasteiger partial charge in [-0.05, 0) is 12.1 Å². The zero-order valence-corrected chi connectivity index (χ0v) is 16.9. The molecule has 1 aromatic carbocycles. The summed E-state index contributed by atoms with van der Waals surface area (Å²) in [6, 6.07) is 7.33. The summed E-state index contributed by atoms with van der Waals surface area (Å²) in [5, 5.41) is 4.67. The smallest absolute Gasteiger partial charge is 0.422 e. The van der Waals surface area contributed by atoms with Crippen molar-refractivity contribution in [3.05, 3.63) is 64.2 Å². The first kappa shape index (κ1) is 20.2. The van der Waals surface area contributed by atoms with Crippen molar-refractivity contribution in [3.63, 3.8) is 0 Å². The van der Waals surface area contributed by atoms with Crippen LogP contribution in [0.3, 0.4) is 0 Å². The van der Waals surface area contributed by atoms with Gasteiger partial charge in [-0.25, -0.2) is 38.0 Å². The maximum absolute atomic E-state index is 14.2. The molecule has 0 unspecified atom stereocenters. The molecule has 0 saturated carbocycles. The molecule has 13 heteroatoms. The number of aromatic nitrogens is 7. The summed E-state index contributed by atoms with van der Waals surface area (Å²) >= 11 is 0. The van der Waals surface area contributed by atoms with E-state index in [0.717, 1.165) is 13.3 Å². The van der Waals surface area contributed by atoms with E-state index in [1.807, 2.05) is 0 Å². The lowest BCUT2D eigenvalue weighted by molar-refractivity contribution is 0.173. The van der Waals surface area contributed by atoms with Gasteiger partial charge >= 0.3 is 11.8 Å². The lowest BCUT2D eigenvalue weighted by Gasteiger charge is -2.04. The normalized spacial score (nSPS) is 11.4. The second-order valence-corrected chi connectivity index (χ2v) is 6.99. The molecule has 0 aliphatic carbocycles. The molecule has 33 heavy (non-hydrogen) atoms. The SMILES string of the molecule is COC(=O)n1c(=O)[nH]c2nc(-c3nn(Cc4ccccc4F)c4ncc(F)cc34)nc(N)c21. The number of pyridine rings is 1. The van der Waals surface area contributed by atoms with E-state index in [9.17, 15) is 18.4 Å². The van der Waals surface area contributed by atoms with Gasteiger partial charge in [-0.2, -0.15) is 9.67 Å². The van der Waals surface area contributed by atoms with Gasteiger partial charge in [-0.15, -0.1) is 0 Å². The van der Waals surface area contributed by atoms with Crippen LogP contribution in [0.2, 0.25) is 0 Å². The summed E-state index contributed by atoms with van der Waals surface area (Å²) in [5.41, 5.74) is 5.78. The molecule has 0 aliphatic heterocycles. The number of H-pyrrole nitrogens is 1. The summed E-state index contributed by atoms with van der Waals surface area (Å²) < 4.78 is 34.8. The predicted molar refractivity (Wildman–Crippen MR) is 112 cm³/mol. The van der Waals surface area contributed by atoms with Gasteiger partial charge in [0.25, 0.3) is 0 Å². The Bertz CT molecular complexity index is 1620. The van der Waals surface area contributed by atoms with E-state index < -0.39 is 23.4 Å². The van der Waals surface area contributed by atoms with E-state index in [-0.39, 0.29) is 46.1 Å². The number of imidazole rings is 1. The number of anilines is 1. The van der Waals surface area contributed by atoms with Gasteiger partial charge in [0, 0.05) is 5.56 Å². The monoisotopic (exact) mass is 452 g/mol. The van der Waals surface area contributed by atoms with Gasteiger partial charge in [-0.3, -0.25) is 4.98 Å². The van der Waals surface area contributed by atoms with Crippen molar-refractivity contribution < 1.29 is 18.3 Å². The summed E-state index contributed by atoms with van der Waals surface area (Å²) in [4.78, 5) is 39.0. The largest absolute Gasteiger partial charge is 0.452 e. The molecule has 0 radical (unpaired) electrons. The first-order valence-corrected chi connectivity index (χ1v) is 9.49. The molecule has 11 nitrogen and oxygen atoms in total. The number of hydrogen-bond donors (Lipinski definition) is 2. The third-order valence-corrected chi connectivity index (χ3v) is 4.96. The minimum absolute atomic E-state index is 0.00901. The van der Waals surface area contributed by atoms with Gasteiger partial charge in [-0.1, -0.05) is 18.2 Å². The molecular weight excluding hydrogens is 438 g/mol. The fourth-order valence-electron chi connectivity index (χ4n) is 3.51. The molecule has 5 rings (SSSR count). The van der Waals surface area contributed by atoms with Crippen LogP contribution in [0.4, 0.5) is 19.4 Å². The molecule has 0 bridgehead atoms. The Labute approximate surface area is 182 Å². The Kier molecular flexibility index (Phi) is 4.58. The number of ether oxygens (including phenoxy) is 1. The number of benzene rings is 1. The van der Waals surface area contributed by atoms with Crippen LogP contribution in [0.1, 0.15) is 5.56 Å². The van der Waals surface area contributed by atoms with Crippen molar-refractivity contribution in [3.8, 4) is 11.5 Å². The highest BCUT2D eigenvalue weighted by atomic mass is 19.1. The zero-order chi connectivity index (χ0) is 23.3. The van der Waals surface area contributed by atoms with Crippen molar-refractivity contribution >= 4 is 34.1 Å². The lowest BCUT2D eigenvalue weighted by Crippen LogP contribution is -2.24. The zero-order valence-electron chi connectivity index (χ0n) is 16.9. The number of aromatic amines is 1. The standard InChI is InChI=1S/C20H14F2N8O3/c1-33-20(32)30-14-15(23)25-16(26-17(14)27-19(30)31)13-11-6-10(21)7-24-18(11)29(28-13)8-9-4-2-3-5-12(9)22/h2-7H,8H2,1H3,(H3,23,25,26,27,31). The number of nitrogen functional groups attached to an aromatic ring is 1. The highest BCUT2D eigenvalue weighted by molar-refractivity contribution is 5.94. The highest BCUT2D eigenvalue weighted by Crippen LogP contribution is 2.28. The molecule has 3 N–H and O–H groups in total. The average molecular weight is 452 g/mol. The van der Waals surface area contributed by atoms with Gasteiger partial charge < -0.3 is 10.5 Å². The fourth-order valence-corrected chi connectivity index (χ4v) is 3.51. The van der Waals surface area contributed by atoms with Gasteiger partial charge in [0.15, 0.2) is 22.9 Å². The van der Waals surface area contributed by atoms with E-state index in [0.29, 0.717) is 10.1 Å². The third kappa shape index (κ3) is 3.26. The van der Waals surface area contributed by atoms with Crippen molar-refractivity contribution in [1.82, 2.24) is 34.3 Å². The van der Waals surface area contributed by atoms with Crippen molar-refractivity contribution in [2.45, 2.75) is 6.54 Å². The van der Waals surface area contributed by atoms with Crippen molar-refractivity contribution in [2.75, 3.05) is 12.8 Å². The third-order valence-electron chi connectivity index (χ3n) is 4.96. The maximum Gasteiger partial charge on any atom is 0.422 e. The van der Waals surface area contributed by atoms with Crippen LogP contribution < -0.4 is 11.4 Å². The quantitative estimate of drug-likeness (QED) is 0.423. The van der Waals surface area contributed by atoms with Crippen LogP contribution >= 0.6 is 0 Å². The summed E-state index contributed by atoms with van der Waals surface area (Å²) in [5.74, 6) is -1.33. The van der Waals surface area contributed by atoms with Crippen LogP contribution in [-0.2, 0) is 11.3 Å². The number of methoxy groups -OCH3 is 1. The Balaban J connectivity index is 1.72. The number of rotatable bonds is 3. The van der Waals surface area contributed by atoms with E-state index >= 15 is 0 Å². The molecule has 4 aromatic heterocycles. The number of fused-ring (bicyclic) bond motifs is 2. The molecule has 0 spiro atoms. The Morgan fingerprint density at radius 1 is 1.24 bits per heavy atom. The number of halogens is 2. The molecular formula is C20H14F2N8O3. The Morgan fingerprint density at radius 3 is 2.79 bits per heavy atom. The molecule has 0 saturated heterocycles. The van der Waals surface area contributed by atoms with Crippen LogP contribution in [0.15, 0.2) is 41.3 Å². The molecule has 0 amide bonds. The second kappa shape index (κ2) is 7.47. The summed E-state index contributed by atoms with van der Waals surface area (Å²) in [6.45, 7) is 0.00901. The van der Waals surface area contributed by atoms with Crippen molar-refractivity contribution in [1.29, 1.82) is 0 Å². The molecule has 166 valence electrons. The van der Waals surface area contributed by atoms with Gasteiger partial charge in [0.05, 0.1) is 25.2 Å². The Hall–Kier alpha value is -4.68. The summed E-state index contributed by atoms with van der Waals surface area (Å²) in [7, 11) is 1.11. The lowest BCUT2D eigenvalue weighted by atomic mass is 10.2. The minimum Gasteiger partial charge on any atom is -0.452 e. The van der Waals surface area contributed by atoms with E-state index in [1.165, 1.54) is 16.8 Å². The number of nitrogens with zero attached hydrogens (tertiary/aromatic N) is 6. The first-order valence-electron chi connectivity index (χ1n) is 9.49. The first-order chi connectivity index (χ1) is 15.9. The number of carbonyl (C=O) groups excluding carboxylic acids is 1. The summed E-state index contributed by atoms with van der Waals surface area (Å²) in [6.07, 6.45) is 0.0399. The van der Waals surface area contributed by atoms with Crippen LogP contribution in [0.25, 0.3) is 33.7 Å². The van der Waals surface area contributed by atoms with Gasteiger partial charge in [0.2, 0.25) is 0 Å².